The van der Waals surface area contributed by atoms with E-state index in [1.165, 1.54) is 0 Å². The van der Waals surface area contributed by atoms with Gasteiger partial charge in [0.25, 0.3) is 0 Å². The molecule has 0 spiro atoms. The van der Waals surface area contributed by atoms with E-state index in [-0.39, 0.29) is 0 Å². The Bertz CT molecular complexity index is 183. The summed E-state index contributed by atoms with van der Waals surface area (Å²) in [6, 6.07) is 0. The molecule has 0 aliphatic heterocycles. The summed E-state index contributed by atoms with van der Waals surface area (Å²) in [5.74, 6) is 0.619. The Morgan fingerprint density at radius 1 is 1.06 bits per heavy atom. The minimum absolute atomic E-state index is 0.576. The van der Waals surface area contributed by atoms with Gasteiger partial charge in [0.05, 0.1) is 0 Å². The lowest BCUT2D eigenvalue weighted by molar-refractivity contribution is 0.0799. The topological polar surface area (TPSA) is 27.7 Å². The molecule has 0 aromatic rings. The molecule has 0 aliphatic carbocycles. The third kappa shape index (κ3) is 4.97. The molecule has 0 atom stereocenters. The van der Waals surface area contributed by atoms with E-state index in [0.29, 0.717) is 25.7 Å². The van der Waals surface area contributed by atoms with Crippen LogP contribution in [0.2, 0.25) is 0 Å². The molecule has 0 radical (unpaired) electrons. The molecule has 0 aromatic carbocycles. The van der Waals surface area contributed by atoms with Crippen molar-refractivity contribution in [1.29, 1.82) is 0 Å². The SMILES string of the molecule is C=C(CCCCl)[Si](OCC)(OCC)OCC. The van der Waals surface area contributed by atoms with Crippen molar-refractivity contribution < 1.29 is 13.3 Å². The average molecular weight is 267 g/mol. The first-order valence-corrected chi connectivity index (χ1v) is 8.08. The van der Waals surface area contributed by atoms with Crippen LogP contribution < -0.4 is 0 Å². The van der Waals surface area contributed by atoms with E-state index >= 15 is 0 Å². The Labute approximate surface area is 105 Å². The van der Waals surface area contributed by atoms with Crippen molar-refractivity contribution in [3.63, 3.8) is 0 Å². The molecule has 0 saturated heterocycles. The lowest BCUT2D eigenvalue weighted by atomic mass is 10.3. The fourth-order valence-corrected chi connectivity index (χ4v) is 4.05. The summed E-state index contributed by atoms with van der Waals surface area (Å²) in [6.07, 6.45) is 1.68. The lowest BCUT2D eigenvalue weighted by Crippen LogP contribution is -2.48. The second kappa shape index (κ2) is 9.19. The zero-order chi connectivity index (χ0) is 12.4. The fraction of sp³-hybridized carbons (Fsp3) is 0.818. The molecule has 0 N–H and O–H groups in total. The quantitative estimate of drug-likeness (QED) is 0.449. The molecular weight excluding hydrogens is 244 g/mol. The Hall–Kier alpha value is 0.127. The van der Waals surface area contributed by atoms with Gasteiger partial charge in [-0.3, -0.25) is 0 Å². The monoisotopic (exact) mass is 266 g/mol. The Morgan fingerprint density at radius 2 is 1.50 bits per heavy atom. The maximum atomic E-state index is 5.72. The highest BCUT2D eigenvalue weighted by molar-refractivity contribution is 6.68. The molecule has 0 bridgehead atoms. The molecule has 0 aliphatic rings. The maximum Gasteiger partial charge on any atom is 0.532 e. The van der Waals surface area contributed by atoms with Crippen molar-refractivity contribution in [3.8, 4) is 0 Å². The molecule has 5 heteroatoms. The van der Waals surface area contributed by atoms with E-state index in [1.807, 2.05) is 20.8 Å². The average Bonchev–Trinajstić information content (AvgIpc) is 2.26. The summed E-state index contributed by atoms with van der Waals surface area (Å²) < 4.78 is 17.2. The Morgan fingerprint density at radius 3 is 1.81 bits per heavy atom. The summed E-state index contributed by atoms with van der Waals surface area (Å²) in [6.45, 7) is 11.6. The minimum atomic E-state index is -2.69. The first-order valence-electron chi connectivity index (χ1n) is 5.82. The lowest BCUT2D eigenvalue weighted by Gasteiger charge is -2.30. The van der Waals surface area contributed by atoms with Gasteiger partial charge in [0.15, 0.2) is 0 Å². The van der Waals surface area contributed by atoms with Gasteiger partial charge in [-0.2, -0.15) is 0 Å². The van der Waals surface area contributed by atoms with Crippen LogP contribution in [0.5, 0.6) is 0 Å². The molecule has 0 fully saturated rings. The highest BCUT2D eigenvalue weighted by atomic mass is 35.5. The van der Waals surface area contributed by atoms with Crippen LogP contribution in [0.15, 0.2) is 11.8 Å². The van der Waals surface area contributed by atoms with Crippen molar-refractivity contribution in [2.45, 2.75) is 33.6 Å². The first kappa shape index (κ1) is 16.1. The molecular formula is C11H23ClO3Si. The predicted octanol–water partition coefficient (Wildman–Crippen LogP) is 3.15. The Balaban J connectivity index is 4.62. The van der Waals surface area contributed by atoms with Crippen molar-refractivity contribution in [3.05, 3.63) is 11.8 Å². The van der Waals surface area contributed by atoms with Gasteiger partial charge >= 0.3 is 8.80 Å². The molecule has 0 unspecified atom stereocenters. The summed E-state index contributed by atoms with van der Waals surface area (Å²) in [7, 11) is -2.69. The summed E-state index contributed by atoms with van der Waals surface area (Å²) in [5.41, 5.74) is 0. The summed E-state index contributed by atoms with van der Waals surface area (Å²) in [5, 5.41) is 0.929. The van der Waals surface area contributed by atoms with Crippen LogP contribution in [0.25, 0.3) is 0 Å². The van der Waals surface area contributed by atoms with Crippen LogP contribution in [-0.2, 0) is 13.3 Å². The van der Waals surface area contributed by atoms with Gasteiger partial charge in [-0.15, -0.1) is 11.6 Å². The molecule has 96 valence electrons. The predicted molar refractivity (Wildman–Crippen MR) is 69.7 cm³/mol. The van der Waals surface area contributed by atoms with E-state index in [1.54, 1.807) is 0 Å². The van der Waals surface area contributed by atoms with E-state index in [4.69, 9.17) is 24.9 Å². The van der Waals surface area contributed by atoms with E-state index in [9.17, 15) is 0 Å². The van der Waals surface area contributed by atoms with Gasteiger partial charge in [-0.05, 0) is 38.8 Å². The van der Waals surface area contributed by atoms with Gasteiger partial charge < -0.3 is 13.3 Å². The molecule has 16 heavy (non-hydrogen) atoms. The number of rotatable bonds is 10. The van der Waals surface area contributed by atoms with Gasteiger partial charge in [0.1, 0.15) is 0 Å². The van der Waals surface area contributed by atoms with E-state index < -0.39 is 8.80 Å². The van der Waals surface area contributed by atoms with Crippen molar-refractivity contribution in [2.75, 3.05) is 25.7 Å². The Kier molecular flexibility index (Phi) is 9.26. The minimum Gasteiger partial charge on any atom is -0.371 e. The second-order valence-corrected chi connectivity index (χ2v) is 6.31. The summed E-state index contributed by atoms with van der Waals surface area (Å²) in [4.78, 5) is 0. The zero-order valence-electron chi connectivity index (χ0n) is 10.6. The zero-order valence-corrected chi connectivity index (χ0v) is 12.3. The molecule has 3 nitrogen and oxygen atoms in total. The molecule has 0 saturated carbocycles. The first-order chi connectivity index (χ1) is 7.66. The van der Waals surface area contributed by atoms with E-state index in [2.05, 4.69) is 6.58 Å². The smallest absolute Gasteiger partial charge is 0.371 e. The second-order valence-electron chi connectivity index (χ2n) is 3.25. The van der Waals surface area contributed by atoms with Gasteiger partial charge in [-0.1, -0.05) is 6.58 Å². The van der Waals surface area contributed by atoms with Crippen LogP contribution in [0.3, 0.4) is 0 Å². The standard InChI is InChI=1S/C11H23ClO3Si/c1-5-13-16(14-6-2,15-7-3)11(4)9-8-10-12/h4-10H2,1-3H3. The third-order valence-corrected chi connectivity index (χ3v) is 5.44. The summed E-state index contributed by atoms with van der Waals surface area (Å²) >= 11 is 5.68. The number of halogens is 1. The van der Waals surface area contributed by atoms with Crippen LogP contribution in [0.4, 0.5) is 0 Å². The number of alkyl halides is 1. The van der Waals surface area contributed by atoms with Crippen LogP contribution in [0.1, 0.15) is 33.6 Å². The number of allylic oxidation sites excluding steroid dienone is 1. The maximum absolute atomic E-state index is 5.72. The molecule has 0 amide bonds. The van der Waals surface area contributed by atoms with Gasteiger partial charge in [0, 0.05) is 25.7 Å². The van der Waals surface area contributed by atoms with E-state index in [0.717, 1.165) is 18.0 Å². The van der Waals surface area contributed by atoms with Gasteiger partial charge in [0.2, 0.25) is 0 Å². The molecule has 0 heterocycles. The molecule has 0 rings (SSSR count). The van der Waals surface area contributed by atoms with Crippen LogP contribution in [-0.4, -0.2) is 34.5 Å². The fourth-order valence-electron chi connectivity index (χ4n) is 1.43. The largest absolute Gasteiger partial charge is 0.532 e. The number of hydrogen-bond donors (Lipinski definition) is 0. The highest BCUT2D eigenvalue weighted by Crippen LogP contribution is 2.22. The highest BCUT2D eigenvalue weighted by Gasteiger charge is 2.43. The third-order valence-electron chi connectivity index (χ3n) is 2.05. The molecule has 0 aromatic heterocycles. The normalized spacial score (nSPS) is 11.8. The van der Waals surface area contributed by atoms with Crippen molar-refractivity contribution in [1.82, 2.24) is 0 Å². The number of hydrogen-bond acceptors (Lipinski definition) is 3. The van der Waals surface area contributed by atoms with Crippen LogP contribution in [0, 0.1) is 0 Å². The van der Waals surface area contributed by atoms with Crippen LogP contribution >= 0.6 is 11.6 Å². The van der Waals surface area contributed by atoms with Crippen molar-refractivity contribution >= 4 is 20.4 Å². The van der Waals surface area contributed by atoms with Crippen molar-refractivity contribution in [2.24, 2.45) is 0 Å². The van der Waals surface area contributed by atoms with Gasteiger partial charge in [-0.25, -0.2) is 0 Å².